The number of fused-ring (bicyclic) bond motifs is 1. The molecule has 3 rings (SSSR count). The summed E-state index contributed by atoms with van der Waals surface area (Å²) in [5.74, 6) is -1.97. The van der Waals surface area contributed by atoms with Gasteiger partial charge >= 0.3 is 11.9 Å². The van der Waals surface area contributed by atoms with Gasteiger partial charge < -0.3 is 9.57 Å². The van der Waals surface area contributed by atoms with Gasteiger partial charge in [0.05, 0.1) is 32.8 Å². The number of nitrogens with one attached hydrogen (secondary N) is 1. The van der Waals surface area contributed by atoms with Gasteiger partial charge in [-0.2, -0.15) is 0 Å². The summed E-state index contributed by atoms with van der Waals surface area (Å²) in [6.07, 6.45) is 0. The van der Waals surface area contributed by atoms with Crippen molar-refractivity contribution in [3.8, 4) is 0 Å². The minimum absolute atomic E-state index is 0.00909. The number of esters is 1. The third-order valence-electron chi connectivity index (χ3n) is 5.26. The van der Waals surface area contributed by atoms with E-state index in [4.69, 9.17) is 21.2 Å². The van der Waals surface area contributed by atoms with Crippen molar-refractivity contribution >= 4 is 56.4 Å². The number of rotatable bonds is 5. The first-order valence-electron chi connectivity index (χ1n) is 11.4. The molecule has 1 amide bonds. The third-order valence-corrected chi connectivity index (χ3v) is 7.14. The molecule has 37 heavy (non-hydrogen) atoms. The van der Waals surface area contributed by atoms with Gasteiger partial charge in [-0.15, -0.1) is 5.06 Å². The van der Waals surface area contributed by atoms with E-state index < -0.39 is 38.7 Å². The minimum atomic E-state index is -4.08. The first-order valence-corrected chi connectivity index (χ1v) is 13.2. The number of benzene rings is 2. The summed E-state index contributed by atoms with van der Waals surface area (Å²) in [6, 6.07) is 10.2. The number of hydrogen-bond donors (Lipinski definition) is 1. The molecule has 0 saturated carbocycles. The van der Waals surface area contributed by atoms with Crippen molar-refractivity contribution in [1.29, 1.82) is 0 Å². The maximum Gasteiger partial charge on any atom is 0.338 e. The predicted molar refractivity (Wildman–Crippen MR) is 140 cm³/mol. The number of hydroxylamine groups is 1. The van der Waals surface area contributed by atoms with Crippen LogP contribution in [0.25, 0.3) is 5.57 Å². The number of allylic oxidation sites excluding steroid dienone is 1. The van der Waals surface area contributed by atoms with Crippen LogP contribution in [0.5, 0.6) is 0 Å². The second-order valence-corrected chi connectivity index (χ2v) is 12.6. The molecule has 0 saturated heterocycles. The SMILES string of the molecule is C/C(OC(=O)C(C)(C)C)=C1/C(=O)N(OC(=O)C(C)(C)C)c2cc(NS(=O)(=O)c3ccccc3Cl)ccc21. The van der Waals surface area contributed by atoms with Gasteiger partial charge in [0.25, 0.3) is 15.9 Å². The number of nitrogens with zero attached hydrogens (tertiary/aromatic N) is 1. The van der Waals surface area contributed by atoms with Crippen molar-refractivity contribution in [2.24, 2.45) is 10.8 Å². The fourth-order valence-electron chi connectivity index (χ4n) is 3.17. The molecule has 198 valence electrons. The maximum atomic E-state index is 13.4. The summed E-state index contributed by atoms with van der Waals surface area (Å²) in [5, 5.41) is 0.813. The van der Waals surface area contributed by atoms with Gasteiger partial charge in [0.15, 0.2) is 0 Å². The Bertz CT molecular complexity index is 1420. The number of sulfonamides is 1. The van der Waals surface area contributed by atoms with Crippen LogP contribution in [0.2, 0.25) is 5.02 Å². The lowest BCUT2D eigenvalue weighted by Gasteiger charge is -2.22. The Morgan fingerprint density at radius 1 is 0.946 bits per heavy atom. The highest BCUT2D eigenvalue weighted by atomic mass is 35.5. The minimum Gasteiger partial charge on any atom is -0.430 e. The van der Waals surface area contributed by atoms with Gasteiger partial charge in [-0.1, -0.05) is 23.7 Å². The molecule has 0 radical (unpaired) electrons. The largest absolute Gasteiger partial charge is 0.430 e. The van der Waals surface area contributed by atoms with Crippen LogP contribution < -0.4 is 9.79 Å². The lowest BCUT2D eigenvalue weighted by Crippen LogP contribution is -2.35. The van der Waals surface area contributed by atoms with E-state index in [2.05, 4.69) is 4.72 Å². The molecule has 9 nitrogen and oxygen atoms in total. The van der Waals surface area contributed by atoms with Gasteiger partial charge in [-0.3, -0.25) is 14.3 Å². The molecule has 1 aliphatic heterocycles. The average Bonchev–Trinajstić information content (AvgIpc) is 3.03. The fourth-order valence-corrected chi connectivity index (χ4v) is 4.74. The summed E-state index contributed by atoms with van der Waals surface area (Å²) in [7, 11) is -4.08. The summed E-state index contributed by atoms with van der Waals surface area (Å²) in [6.45, 7) is 11.4. The molecule has 1 heterocycles. The molecule has 0 aliphatic carbocycles. The summed E-state index contributed by atoms with van der Waals surface area (Å²) in [5.41, 5.74) is -1.27. The number of carbonyl (C=O) groups is 3. The Kier molecular flexibility index (Phi) is 7.49. The molecule has 0 bridgehead atoms. The molecule has 11 heteroatoms. The molecule has 1 aliphatic rings. The van der Waals surface area contributed by atoms with Crippen LogP contribution in [0.4, 0.5) is 11.4 Å². The van der Waals surface area contributed by atoms with E-state index in [1.807, 2.05) is 0 Å². The van der Waals surface area contributed by atoms with E-state index in [1.165, 1.54) is 43.3 Å². The van der Waals surface area contributed by atoms with E-state index in [-0.39, 0.29) is 32.6 Å². The quantitative estimate of drug-likeness (QED) is 0.305. The van der Waals surface area contributed by atoms with Crippen molar-refractivity contribution in [1.82, 2.24) is 0 Å². The monoisotopic (exact) mass is 548 g/mol. The molecular formula is C26H29ClN2O7S. The number of carbonyl (C=O) groups excluding carboxylic acids is 3. The van der Waals surface area contributed by atoms with Gasteiger partial charge in [-0.05, 0) is 78.8 Å². The molecule has 0 fully saturated rings. The van der Waals surface area contributed by atoms with Gasteiger partial charge in [0.1, 0.15) is 10.7 Å². The van der Waals surface area contributed by atoms with Gasteiger partial charge in [-0.25, -0.2) is 13.2 Å². The Morgan fingerprint density at radius 3 is 2.11 bits per heavy atom. The molecule has 0 spiro atoms. The van der Waals surface area contributed by atoms with Crippen molar-refractivity contribution in [3.63, 3.8) is 0 Å². The molecule has 0 unspecified atom stereocenters. The number of ether oxygens (including phenoxy) is 1. The number of hydrogen-bond acceptors (Lipinski definition) is 7. The van der Waals surface area contributed by atoms with Crippen LogP contribution in [0, 0.1) is 10.8 Å². The fraction of sp³-hybridized carbons (Fsp3) is 0.346. The molecular weight excluding hydrogens is 520 g/mol. The van der Waals surface area contributed by atoms with Crippen molar-refractivity contribution in [2.75, 3.05) is 9.79 Å². The topological polar surface area (TPSA) is 119 Å². The number of amides is 1. The standard InChI is InChI=1S/C26H29ClN2O7S/c1-15(35-23(31)25(2,3)4)21-17-13-12-16(28-37(33,34)20-11-9-8-10-18(20)27)14-19(17)29(22(21)30)36-24(32)26(5,6)7/h8-14,28H,1-7H3/b21-15-. The van der Waals surface area contributed by atoms with Crippen LogP contribution in [0.1, 0.15) is 54.0 Å². The first-order chi connectivity index (χ1) is 16.9. The number of halogens is 1. The zero-order valence-electron chi connectivity index (χ0n) is 21.6. The average molecular weight is 549 g/mol. The van der Waals surface area contributed by atoms with Crippen molar-refractivity contribution in [3.05, 3.63) is 58.8 Å². The van der Waals surface area contributed by atoms with Crippen molar-refractivity contribution in [2.45, 2.75) is 53.4 Å². The summed E-state index contributed by atoms with van der Waals surface area (Å²) in [4.78, 5) is 43.8. The van der Waals surface area contributed by atoms with Crippen LogP contribution in [0.15, 0.2) is 53.1 Å². The molecule has 2 aromatic carbocycles. The molecule has 0 aromatic heterocycles. The van der Waals surface area contributed by atoms with Gasteiger partial charge in [0.2, 0.25) is 0 Å². The van der Waals surface area contributed by atoms with Crippen molar-refractivity contribution < 1.29 is 32.4 Å². The summed E-state index contributed by atoms with van der Waals surface area (Å²) >= 11 is 6.06. The van der Waals surface area contributed by atoms with E-state index in [0.29, 0.717) is 5.56 Å². The summed E-state index contributed by atoms with van der Waals surface area (Å²) < 4.78 is 33.8. The Morgan fingerprint density at radius 2 is 1.54 bits per heavy atom. The Labute approximate surface area is 221 Å². The zero-order chi connectivity index (χ0) is 27.9. The van der Waals surface area contributed by atoms with Crippen LogP contribution in [-0.2, 0) is 34.0 Å². The lowest BCUT2D eigenvalue weighted by molar-refractivity contribution is -0.157. The van der Waals surface area contributed by atoms with E-state index >= 15 is 0 Å². The Hall–Kier alpha value is -3.37. The first kappa shape index (κ1) is 28.2. The highest BCUT2D eigenvalue weighted by Gasteiger charge is 2.40. The molecule has 2 aromatic rings. The van der Waals surface area contributed by atoms with E-state index in [1.54, 1.807) is 47.6 Å². The Balaban J connectivity index is 2.09. The van der Waals surface area contributed by atoms with Crippen LogP contribution in [0.3, 0.4) is 0 Å². The second-order valence-electron chi connectivity index (χ2n) is 10.6. The third kappa shape index (κ3) is 5.97. The highest BCUT2D eigenvalue weighted by molar-refractivity contribution is 7.92. The maximum absolute atomic E-state index is 13.4. The predicted octanol–water partition coefficient (Wildman–Crippen LogP) is 5.31. The van der Waals surface area contributed by atoms with Gasteiger partial charge in [0, 0.05) is 5.56 Å². The normalized spacial score (nSPS) is 15.2. The highest BCUT2D eigenvalue weighted by Crippen LogP contribution is 2.42. The smallest absolute Gasteiger partial charge is 0.338 e. The molecule has 0 atom stereocenters. The zero-order valence-corrected chi connectivity index (χ0v) is 23.2. The van der Waals surface area contributed by atoms with E-state index in [0.717, 1.165) is 5.06 Å². The van der Waals surface area contributed by atoms with Crippen LogP contribution in [-0.4, -0.2) is 26.3 Å². The van der Waals surface area contributed by atoms with Crippen LogP contribution >= 0.6 is 11.6 Å². The van der Waals surface area contributed by atoms with E-state index in [9.17, 15) is 22.8 Å². The second kappa shape index (κ2) is 9.83. The molecule has 1 N–H and O–H groups in total. The lowest BCUT2D eigenvalue weighted by atomic mass is 9.97. The number of anilines is 2.